The zero-order valence-corrected chi connectivity index (χ0v) is 21.6. The van der Waals surface area contributed by atoms with Gasteiger partial charge in [-0.25, -0.2) is 0 Å². The normalized spacial score (nSPS) is 15.1. The number of hydrogen-bond acceptors (Lipinski definition) is 8. The third-order valence-corrected chi connectivity index (χ3v) is 7.23. The average Bonchev–Trinajstić information content (AvgIpc) is 3.50. The zero-order valence-electron chi connectivity index (χ0n) is 20.0. The van der Waals surface area contributed by atoms with Gasteiger partial charge in [-0.05, 0) is 56.0 Å². The minimum Gasteiger partial charge on any atom is -0.378 e. The van der Waals surface area contributed by atoms with Gasteiger partial charge in [-0.1, -0.05) is 29.4 Å². The summed E-state index contributed by atoms with van der Waals surface area (Å²) in [5.74, 6) is 0.607. The Kier molecular flexibility index (Phi) is 8.44. The van der Waals surface area contributed by atoms with E-state index in [-0.39, 0.29) is 23.5 Å². The van der Waals surface area contributed by atoms with E-state index in [1.54, 1.807) is 6.92 Å². The van der Waals surface area contributed by atoms with Crippen molar-refractivity contribution in [2.24, 2.45) is 0 Å². The molecule has 0 saturated carbocycles. The largest absolute Gasteiger partial charge is 0.378 e. The minimum atomic E-state index is -0.463. The van der Waals surface area contributed by atoms with E-state index in [1.165, 1.54) is 30.0 Å². The van der Waals surface area contributed by atoms with Crippen molar-refractivity contribution < 1.29 is 14.5 Å². The Morgan fingerprint density at radius 1 is 1.25 bits per heavy atom. The van der Waals surface area contributed by atoms with Gasteiger partial charge in [0, 0.05) is 35.1 Å². The number of nitrogens with one attached hydrogen (secondary N) is 2. The number of aromatic nitrogens is 3. The third kappa shape index (κ3) is 6.54. The first-order valence-electron chi connectivity index (χ1n) is 11.5. The first kappa shape index (κ1) is 25.9. The predicted octanol–water partition coefficient (Wildman–Crippen LogP) is 4.98. The lowest BCUT2D eigenvalue weighted by molar-refractivity contribution is -0.384. The second-order valence-electron chi connectivity index (χ2n) is 8.56. The van der Waals surface area contributed by atoms with Gasteiger partial charge in [0.25, 0.3) is 5.69 Å². The van der Waals surface area contributed by atoms with Gasteiger partial charge in [-0.2, -0.15) is 0 Å². The van der Waals surface area contributed by atoms with Crippen molar-refractivity contribution in [3.63, 3.8) is 0 Å². The van der Waals surface area contributed by atoms with Gasteiger partial charge >= 0.3 is 0 Å². The molecule has 1 aromatic heterocycles. The first-order valence-corrected chi connectivity index (χ1v) is 12.9. The van der Waals surface area contributed by atoms with Crippen molar-refractivity contribution in [2.75, 3.05) is 23.0 Å². The number of aryl methyl sites for hydroxylation is 2. The molecule has 0 radical (unpaired) electrons. The molecule has 1 fully saturated rings. The topological polar surface area (TPSA) is 124 Å². The summed E-state index contributed by atoms with van der Waals surface area (Å²) >= 11 is 7.53. The fraction of sp³-hybridized carbons (Fsp3) is 0.375. The van der Waals surface area contributed by atoms with E-state index in [0.29, 0.717) is 34.5 Å². The SMILES string of the molecule is Cc1ccc(NCc2nnc(SCC(=O)Nc3ccc([N+](=O)[O-])cc3C)n2CC2CCCO2)cc1Cl. The molecule has 36 heavy (non-hydrogen) atoms. The van der Waals surface area contributed by atoms with Crippen molar-refractivity contribution in [3.05, 3.63) is 68.5 Å². The molecule has 1 unspecified atom stereocenters. The van der Waals surface area contributed by atoms with Crippen LogP contribution in [0.15, 0.2) is 41.6 Å². The number of non-ortho nitro benzene ring substituents is 1. The number of nitro groups is 1. The van der Waals surface area contributed by atoms with Crippen molar-refractivity contribution in [3.8, 4) is 0 Å². The number of amides is 1. The fourth-order valence-corrected chi connectivity index (χ4v) is 4.78. The third-order valence-electron chi connectivity index (χ3n) is 5.85. The fourth-order valence-electron chi connectivity index (χ4n) is 3.83. The number of halogens is 1. The summed E-state index contributed by atoms with van der Waals surface area (Å²) < 4.78 is 7.82. The highest BCUT2D eigenvalue weighted by Gasteiger charge is 2.22. The molecule has 1 aliphatic rings. The molecule has 12 heteroatoms. The van der Waals surface area contributed by atoms with Gasteiger partial charge in [-0.15, -0.1) is 10.2 Å². The predicted molar refractivity (Wildman–Crippen MR) is 140 cm³/mol. The van der Waals surface area contributed by atoms with Crippen LogP contribution in [0.5, 0.6) is 0 Å². The highest BCUT2D eigenvalue weighted by atomic mass is 35.5. The smallest absolute Gasteiger partial charge is 0.269 e. The molecule has 1 amide bonds. The number of rotatable bonds is 10. The maximum Gasteiger partial charge on any atom is 0.269 e. The number of benzene rings is 2. The Bertz CT molecular complexity index is 1260. The summed E-state index contributed by atoms with van der Waals surface area (Å²) in [7, 11) is 0. The molecule has 2 heterocycles. The van der Waals surface area contributed by atoms with Crippen LogP contribution in [0.25, 0.3) is 0 Å². The van der Waals surface area contributed by atoms with Crippen LogP contribution in [-0.2, 0) is 22.6 Å². The first-order chi connectivity index (χ1) is 17.3. The van der Waals surface area contributed by atoms with Gasteiger partial charge in [-0.3, -0.25) is 14.9 Å². The summed E-state index contributed by atoms with van der Waals surface area (Å²) in [6.07, 6.45) is 2.05. The molecule has 1 aliphatic heterocycles. The van der Waals surface area contributed by atoms with E-state index in [9.17, 15) is 14.9 Å². The Morgan fingerprint density at radius 2 is 2.08 bits per heavy atom. The summed E-state index contributed by atoms with van der Waals surface area (Å²) in [5.41, 5.74) is 3.02. The lowest BCUT2D eigenvalue weighted by Gasteiger charge is -2.15. The number of thioether (sulfide) groups is 1. The number of ether oxygens (including phenoxy) is 1. The second-order valence-corrected chi connectivity index (χ2v) is 9.90. The van der Waals surface area contributed by atoms with E-state index < -0.39 is 4.92 Å². The number of carbonyl (C=O) groups is 1. The maximum atomic E-state index is 12.6. The van der Waals surface area contributed by atoms with Crippen LogP contribution in [0.3, 0.4) is 0 Å². The van der Waals surface area contributed by atoms with E-state index in [2.05, 4.69) is 20.8 Å². The summed E-state index contributed by atoms with van der Waals surface area (Å²) in [4.78, 5) is 23.1. The van der Waals surface area contributed by atoms with Crippen LogP contribution in [0.1, 0.15) is 29.8 Å². The number of carbonyl (C=O) groups excluding carboxylic acids is 1. The Balaban J connectivity index is 1.42. The van der Waals surface area contributed by atoms with Gasteiger partial charge in [0.05, 0.1) is 29.9 Å². The van der Waals surface area contributed by atoms with Gasteiger partial charge in [0.15, 0.2) is 11.0 Å². The lowest BCUT2D eigenvalue weighted by atomic mass is 10.2. The molecule has 10 nitrogen and oxygen atoms in total. The summed E-state index contributed by atoms with van der Waals surface area (Å²) in [6, 6.07) is 10.1. The standard InChI is InChI=1S/C24H27ClN6O4S/c1-15-5-6-17(11-20(15)25)26-12-22-28-29-24(30(22)13-19-4-3-9-35-19)36-14-23(32)27-21-8-7-18(31(33)34)10-16(21)2/h5-8,10-11,19,26H,3-4,9,12-14H2,1-2H3,(H,27,32). The second kappa shape index (κ2) is 11.7. The van der Waals surface area contributed by atoms with Crippen molar-refractivity contribution in [1.82, 2.24) is 14.8 Å². The van der Waals surface area contributed by atoms with E-state index in [1.807, 2.05) is 29.7 Å². The Labute approximate surface area is 217 Å². The molecular weight excluding hydrogens is 504 g/mol. The van der Waals surface area contributed by atoms with Gasteiger partial charge in [0.2, 0.25) is 5.91 Å². The molecule has 2 N–H and O–H groups in total. The van der Waals surface area contributed by atoms with Gasteiger partial charge < -0.3 is 19.9 Å². The van der Waals surface area contributed by atoms with Crippen LogP contribution >= 0.6 is 23.4 Å². The average molecular weight is 531 g/mol. The van der Waals surface area contributed by atoms with E-state index in [0.717, 1.165) is 36.5 Å². The molecule has 190 valence electrons. The highest BCUT2D eigenvalue weighted by Crippen LogP contribution is 2.25. The number of nitrogens with zero attached hydrogens (tertiary/aromatic N) is 4. The molecule has 1 saturated heterocycles. The zero-order chi connectivity index (χ0) is 25.7. The van der Waals surface area contributed by atoms with Crippen LogP contribution < -0.4 is 10.6 Å². The number of nitro benzene ring substituents is 1. The molecular formula is C24H27ClN6O4S. The van der Waals surface area contributed by atoms with Crippen LogP contribution in [0.4, 0.5) is 17.1 Å². The molecule has 3 aromatic rings. The monoisotopic (exact) mass is 530 g/mol. The quantitative estimate of drug-likeness (QED) is 0.214. The minimum absolute atomic E-state index is 0.0174. The summed E-state index contributed by atoms with van der Waals surface area (Å²) in [6.45, 7) is 5.45. The van der Waals surface area contributed by atoms with Crippen LogP contribution in [0.2, 0.25) is 5.02 Å². The molecule has 0 spiro atoms. The Morgan fingerprint density at radius 3 is 2.78 bits per heavy atom. The van der Waals surface area contributed by atoms with Crippen LogP contribution in [-0.4, -0.2) is 44.1 Å². The molecule has 2 aromatic carbocycles. The van der Waals surface area contributed by atoms with Crippen molar-refractivity contribution in [1.29, 1.82) is 0 Å². The Hall–Kier alpha value is -3.15. The summed E-state index contributed by atoms with van der Waals surface area (Å²) in [5, 5.41) is 27.1. The van der Waals surface area contributed by atoms with E-state index >= 15 is 0 Å². The lowest BCUT2D eigenvalue weighted by Crippen LogP contribution is -2.20. The highest BCUT2D eigenvalue weighted by molar-refractivity contribution is 7.99. The molecule has 0 bridgehead atoms. The van der Waals surface area contributed by atoms with Gasteiger partial charge in [0.1, 0.15) is 0 Å². The maximum absolute atomic E-state index is 12.6. The van der Waals surface area contributed by atoms with E-state index in [4.69, 9.17) is 16.3 Å². The molecule has 4 rings (SSSR count). The number of anilines is 2. The number of hydrogen-bond donors (Lipinski definition) is 2. The molecule has 1 atom stereocenters. The van der Waals surface area contributed by atoms with Crippen molar-refractivity contribution >= 4 is 46.3 Å². The van der Waals surface area contributed by atoms with Crippen LogP contribution in [0, 0.1) is 24.0 Å². The molecule has 0 aliphatic carbocycles. The van der Waals surface area contributed by atoms with Crippen molar-refractivity contribution in [2.45, 2.75) is 51.0 Å².